The Bertz CT molecular complexity index is 1220. The van der Waals surface area contributed by atoms with Gasteiger partial charge < -0.3 is 4.98 Å². The summed E-state index contributed by atoms with van der Waals surface area (Å²) in [6.45, 7) is 2.44. The van der Waals surface area contributed by atoms with Gasteiger partial charge in [-0.3, -0.25) is 4.57 Å². The standard InChI is InChI=1S/C23H24ClN7/c1-13-14-2-4-15(5-3-14)17(13)8-16-9-20(31-7-6-25-12-31)30-22(28-16)18-10-26-23-21(18)29-19(24)11-27-23/h6-7,9-15,17H,2-5,8H2,1H3,(H,26,27)/t13-,14?,15?,17+/m0/s1. The number of hydrogen-bond acceptors (Lipinski definition) is 5. The fraction of sp³-hybridized carbons (Fsp3) is 0.435. The van der Waals surface area contributed by atoms with Crippen LogP contribution in [-0.2, 0) is 6.42 Å². The smallest absolute Gasteiger partial charge is 0.165 e. The SMILES string of the molecule is C[C@H]1C2CCC(CC2)[C@@H]1Cc1cc(-n2ccnc2)nc(-c2c[nH]c3ncc(Cl)nc23)n1. The van der Waals surface area contributed by atoms with Crippen LogP contribution in [0.3, 0.4) is 0 Å². The molecule has 1 N–H and O–H groups in total. The molecule has 158 valence electrons. The van der Waals surface area contributed by atoms with E-state index in [1.54, 1.807) is 12.5 Å². The summed E-state index contributed by atoms with van der Waals surface area (Å²) in [5.41, 5.74) is 3.25. The van der Waals surface area contributed by atoms with E-state index in [0.29, 0.717) is 28.1 Å². The highest BCUT2D eigenvalue weighted by Gasteiger charge is 2.41. The van der Waals surface area contributed by atoms with Crippen molar-refractivity contribution in [3.05, 3.63) is 48.0 Å². The monoisotopic (exact) mass is 433 g/mol. The first-order valence-electron chi connectivity index (χ1n) is 11.0. The summed E-state index contributed by atoms with van der Waals surface area (Å²) >= 11 is 6.12. The number of halogens is 1. The highest BCUT2D eigenvalue weighted by molar-refractivity contribution is 6.29. The van der Waals surface area contributed by atoms with Gasteiger partial charge in [0.1, 0.15) is 22.8 Å². The Hall–Kier alpha value is -2.80. The number of rotatable bonds is 4. The molecule has 8 heteroatoms. The van der Waals surface area contributed by atoms with E-state index in [0.717, 1.165) is 41.2 Å². The molecule has 3 aliphatic carbocycles. The predicted molar refractivity (Wildman–Crippen MR) is 119 cm³/mol. The molecule has 0 aliphatic heterocycles. The first kappa shape index (κ1) is 18.9. The van der Waals surface area contributed by atoms with Gasteiger partial charge in [0.25, 0.3) is 0 Å². The Morgan fingerprint density at radius 1 is 1.13 bits per heavy atom. The Balaban J connectivity index is 1.44. The lowest BCUT2D eigenvalue weighted by Crippen LogP contribution is -2.39. The molecule has 3 fully saturated rings. The van der Waals surface area contributed by atoms with Gasteiger partial charge in [-0.2, -0.15) is 0 Å². The van der Waals surface area contributed by atoms with E-state index < -0.39 is 0 Å². The molecule has 2 bridgehead atoms. The average molecular weight is 434 g/mol. The minimum absolute atomic E-state index is 0.353. The number of fused-ring (bicyclic) bond motifs is 4. The molecule has 0 spiro atoms. The number of aromatic amines is 1. The van der Waals surface area contributed by atoms with Gasteiger partial charge in [-0.25, -0.2) is 24.9 Å². The Labute approximate surface area is 185 Å². The van der Waals surface area contributed by atoms with Crippen LogP contribution >= 0.6 is 11.6 Å². The maximum absolute atomic E-state index is 6.12. The number of nitrogens with zero attached hydrogens (tertiary/aromatic N) is 6. The van der Waals surface area contributed by atoms with Gasteiger partial charge in [0.05, 0.1) is 11.8 Å². The molecule has 31 heavy (non-hydrogen) atoms. The number of aromatic nitrogens is 7. The van der Waals surface area contributed by atoms with Gasteiger partial charge in [0, 0.05) is 30.4 Å². The quantitative estimate of drug-likeness (QED) is 0.496. The van der Waals surface area contributed by atoms with Gasteiger partial charge in [-0.1, -0.05) is 18.5 Å². The average Bonchev–Trinajstić information content (AvgIpc) is 3.46. The fourth-order valence-electron chi connectivity index (χ4n) is 5.75. The van der Waals surface area contributed by atoms with E-state index in [-0.39, 0.29) is 0 Å². The van der Waals surface area contributed by atoms with Crippen LogP contribution < -0.4 is 0 Å². The van der Waals surface area contributed by atoms with E-state index in [1.807, 2.05) is 17.0 Å². The summed E-state index contributed by atoms with van der Waals surface area (Å²) in [5.74, 6) is 4.57. The third-order valence-electron chi connectivity index (χ3n) is 7.41. The summed E-state index contributed by atoms with van der Waals surface area (Å²) in [5, 5.41) is 0.353. The topological polar surface area (TPSA) is 85.2 Å². The Morgan fingerprint density at radius 3 is 2.74 bits per heavy atom. The molecule has 7 rings (SSSR count). The van der Waals surface area contributed by atoms with Gasteiger partial charge >= 0.3 is 0 Å². The van der Waals surface area contributed by atoms with E-state index in [4.69, 9.17) is 21.6 Å². The van der Waals surface area contributed by atoms with Crippen molar-refractivity contribution in [1.82, 2.24) is 34.5 Å². The van der Waals surface area contributed by atoms with Crippen LogP contribution in [0.2, 0.25) is 5.15 Å². The normalized spacial score (nSPS) is 25.4. The highest BCUT2D eigenvalue weighted by atomic mass is 35.5. The van der Waals surface area contributed by atoms with Gasteiger partial charge in [-0.15, -0.1) is 0 Å². The minimum atomic E-state index is 0.353. The van der Waals surface area contributed by atoms with Crippen molar-refractivity contribution in [3.63, 3.8) is 0 Å². The predicted octanol–water partition coefficient (Wildman–Crippen LogP) is 4.87. The molecule has 2 atom stereocenters. The zero-order valence-corrected chi connectivity index (χ0v) is 18.1. The van der Waals surface area contributed by atoms with Crippen molar-refractivity contribution >= 4 is 22.8 Å². The molecule has 4 aromatic rings. The molecule has 3 aliphatic rings. The fourth-order valence-corrected chi connectivity index (χ4v) is 5.88. The molecular formula is C23H24ClN7. The third kappa shape index (κ3) is 3.31. The Morgan fingerprint density at radius 2 is 1.97 bits per heavy atom. The lowest BCUT2D eigenvalue weighted by molar-refractivity contribution is 0.0339. The van der Waals surface area contributed by atoms with Gasteiger partial charge in [-0.05, 0) is 55.8 Å². The molecule has 0 saturated heterocycles. The molecular weight excluding hydrogens is 410 g/mol. The minimum Gasteiger partial charge on any atom is -0.344 e. The van der Waals surface area contributed by atoms with Crippen molar-refractivity contribution < 1.29 is 0 Å². The zero-order valence-electron chi connectivity index (χ0n) is 17.4. The number of hydrogen-bond donors (Lipinski definition) is 1. The van der Waals surface area contributed by atoms with Gasteiger partial charge in [0.15, 0.2) is 11.5 Å². The molecule has 0 amide bonds. The number of H-pyrrole nitrogens is 1. The first-order chi connectivity index (χ1) is 15.2. The lowest BCUT2D eigenvalue weighted by Gasteiger charge is -2.47. The maximum Gasteiger partial charge on any atom is 0.165 e. The van der Waals surface area contributed by atoms with Crippen LogP contribution in [-0.4, -0.2) is 34.5 Å². The molecule has 0 unspecified atom stereocenters. The lowest BCUT2D eigenvalue weighted by atomic mass is 9.58. The van der Waals surface area contributed by atoms with E-state index >= 15 is 0 Å². The molecule has 4 aromatic heterocycles. The van der Waals surface area contributed by atoms with E-state index in [9.17, 15) is 0 Å². The maximum atomic E-state index is 6.12. The highest BCUT2D eigenvalue weighted by Crippen LogP contribution is 2.49. The van der Waals surface area contributed by atoms with Crippen LogP contribution in [0, 0.1) is 23.7 Å². The molecule has 3 saturated carbocycles. The van der Waals surface area contributed by atoms with Crippen LogP contribution in [0.5, 0.6) is 0 Å². The summed E-state index contributed by atoms with van der Waals surface area (Å²) in [6.07, 6.45) is 15.3. The van der Waals surface area contributed by atoms with Crippen molar-refractivity contribution in [1.29, 1.82) is 0 Å². The van der Waals surface area contributed by atoms with Crippen LogP contribution in [0.25, 0.3) is 28.4 Å². The second-order valence-corrected chi connectivity index (χ2v) is 9.39. The van der Waals surface area contributed by atoms with E-state index in [1.165, 1.54) is 31.9 Å². The first-order valence-corrected chi connectivity index (χ1v) is 11.4. The summed E-state index contributed by atoms with van der Waals surface area (Å²) in [7, 11) is 0. The van der Waals surface area contributed by atoms with Crippen molar-refractivity contribution in [3.8, 4) is 17.2 Å². The second-order valence-electron chi connectivity index (χ2n) is 9.01. The van der Waals surface area contributed by atoms with Gasteiger partial charge in [0.2, 0.25) is 0 Å². The molecule has 0 aromatic carbocycles. The van der Waals surface area contributed by atoms with Crippen molar-refractivity contribution in [2.24, 2.45) is 23.7 Å². The largest absolute Gasteiger partial charge is 0.344 e. The van der Waals surface area contributed by atoms with Crippen molar-refractivity contribution in [2.45, 2.75) is 39.0 Å². The van der Waals surface area contributed by atoms with Crippen LogP contribution in [0.15, 0.2) is 37.2 Å². The second kappa shape index (κ2) is 7.41. The third-order valence-corrected chi connectivity index (χ3v) is 7.59. The number of nitrogens with one attached hydrogen (secondary N) is 1. The van der Waals surface area contributed by atoms with Crippen LogP contribution in [0.1, 0.15) is 38.3 Å². The van der Waals surface area contributed by atoms with Crippen molar-refractivity contribution in [2.75, 3.05) is 0 Å². The Kier molecular flexibility index (Phi) is 4.52. The number of imidazole rings is 1. The summed E-state index contributed by atoms with van der Waals surface area (Å²) in [4.78, 5) is 26.0. The van der Waals surface area contributed by atoms with Crippen LogP contribution in [0.4, 0.5) is 0 Å². The zero-order chi connectivity index (χ0) is 20.9. The molecule has 4 heterocycles. The molecule has 7 nitrogen and oxygen atoms in total. The van der Waals surface area contributed by atoms with E-state index in [2.05, 4.69) is 32.9 Å². The summed E-state index contributed by atoms with van der Waals surface area (Å²) in [6, 6.07) is 2.10. The summed E-state index contributed by atoms with van der Waals surface area (Å²) < 4.78 is 1.93. The molecule has 0 radical (unpaired) electrons.